The maximum absolute atomic E-state index is 12.5. The van der Waals surface area contributed by atoms with Gasteiger partial charge in [-0.05, 0) is 37.1 Å². The second kappa shape index (κ2) is 8.47. The summed E-state index contributed by atoms with van der Waals surface area (Å²) >= 11 is 0. The summed E-state index contributed by atoms with van der Waals surface area (Å²) in [6.45, 7) is 6.50. The molecule has 26 heavy (non-hydrogen) atoms. The highest BCUT2D eigenvalue weighted by Gasteiger charge is 2.12. The molecule has 3 rings (SSSR count). The van der Waals surface area contributed by atoms with Crippen molar-refractivity contribution in [2.45, 2.75) is 33.2 Å². The zero-order valence-corrected chi connectivity index (χ0v) is 15.3. The van der Waals surface area contributed by atoms with Crippen LogP contribution in [0.3, 0.4) is 0 Å². The zero-order valence-electron chi connectivity index (χ0n) is 15.3. The molecule has 6 nitrogen and oxygen atoms in total. The van der Waals surface area contributed by atoms with Gasteiger partial charge in [-0.1, -0.05) is 32.0 Å². The van der Waals surface area contributed by atoms with Gasteiger partial charge >= 0.3 is 0 Å². The van der Waals surface area contributed by atoms with E-state index in [1.807, 2.05) is 36.4 Å². The SMILES string of the molecule is CCCN(CCC)c1cccc(C(=O)NCc2nc3ccccc3[nH]2)n1. The number of imidazole rings is 1. The molecule has 2 heterocycles. The summed E-state index contributed by atoms with van der Waals surface area (Å²) in [7, 11) is 0. The number of benzene rings is 1. The van der Waals surface area contributed by atoms with E-state index >= 15 is 0 Å². The molecule has 6 heteroatoms. The van der Waals surface area contributed by atoms with E-state index in [1.54, 1.807) is 6.07 Å². The average Bonchev–Trinajstić information content (AvgIpc) is 3.09. The van der Waals surface area contributed by atoms with Crippen LogP contribution >= 0.6 is 0 Å². The van der Waals surface area contributed by atoms with Crippen LogP contribution in [-0.2, 0) is 6.54 Å². The third kappa shape index (κ3) is 4.20. The van der Waals surface area contributed by atoms with E-state index < -0.39 is 0 Å². The Hall–Kier alpha value is -2.89. The Labute approximate surface area is 153 Å². The second-order valence-corrected chi connectivity index (χ2v) is 6.25. The third-order valence-electron chi connectivity index (χ3n) is 4.13. The number of nitrogens with one attached hydrogen (secondary N) is 2. The fourth-order valence-electron chi connectivity index (χ4n) is 2.95. The molecule has 1 aromatic carbocycles. The Morgan fingerprint density at radius 2 is 1.81 bits per heavy atom. The number of nitrogens with zero attached hydrogens (tertiary/aromatic N) is 3. The Kier molecular flexibility index (Phi) is 5.84. The summed E-state index contributed by atoms with van der Waals surface area (Å²) in [4.78, 5) is 26.9. The number of rotatable bonds is 8. The maximum Gasteiger partial charge on any atom is 0.270 e. The molecule has 136 valence electrons. The van der Waals surface area contributed by atoms with Gasteiger partial charge in [-0.2, -0.15) is 0 Å². The fraction of sp³-hybridized carbons (Fsp3) is 0.350. The van der Waals surface area contributed by atoms with Gasteiger partial charge in [0.1, 0.15) is 17.3 Å². The summed E-state index contributed by atoms with van der Waals surface area (Å²) in [6, 6.07) is 13.4. The van der Waals surface area contributed by atoms with Gasteiger partial charge in [0.25, 0.3) is 5.91 Å². The molecule has 0 unspecified atom stereocenters. The average molecular weight is 351 g/mol. The summed E-state index contributed by atoms with van der Waals surface area (Å²) in [6.07, 6.45) is 2.09. The second-order valence-electron chi connectivity index (χ2n) is 6.25. The molecule has 0 saturated heterocycles. The van der Waals surface area contributed by atoms with Gasteiger partial charge in [0.15, 0.2) is 0 Å². The van der Waals surface area contributed by atoms with Gasteiger partial charge < -0.3 is 15.2 Å². The van der Waals surface area contributed by atoms with Gasteiger partial charge in [0.05, 0.1) is 17.6 Å². The number of carbonyl (C=O) groups excluding carboxylic acids is 1. The summed E-state index contributed by atoms with van der Waals surface area (Å²) in [5, 5.41) is 2.89. The first-order valence-corrected chi connectivity index (χ1v) is 9.15. The first-order valence-electron chi connectivity index (χ1n) is 9.15. The summed E-state index contributed by atoms with van der Waals surface area (Å²) in [5.41, 5.74) is 2.29. The van der Waals surface area contributed by atoms with E-state index in [9.17, 15) is 4.79 Å². The first kappa shape index (κ1) is 17.9. The third-order valence-corrected chi connectivity index (χ3v) is 4.13. The molecule has 0 aliphatic heterocycles. The molecule has 2 aromatic heterocycles. The Bertz CT molecular complexity index is 834. The number of H-pyrrole nitrogens is 1. The molecular formula is C20H25N5O. The van der Waals surface area contributed by atoms with Crippen LogP contribution in [0.4, 0.5) is 5.82 Å². The molecule has 0 aliphatic carbocycles. The van der Waals surface area contributed by atoms with Crippen LogP contribution in [0.5, 0.6) is 0 Å². The van der Waals surface area contributed by atoms with E-state index in [0.717, 1.165) is 48.6 Å². The monoisotopic (exact) mass is 351 g/mol. The highest BCUT2D eigenvalue weighted by Crippen LogP contribution is 2.13. The lowest BCUT2D eigenvalue weighted by atomic mass is 10.3. The van der Waals surface area contributed by atoms with Crippen molar-refractivity contribution in [1.29, 1.82) is 0 Å². The number of carbonyl (C=O) groups is 1. The maximum atomic E-state index is 12.5. The number of para-hydroxylation sites is 2. The largest absolute Gasteiger partial charge is 0.357 e. The number of aromatic nitrogens is 3. The number of amides is 1. The van der Waals surface area contributed by atoms with Crippen molar-refractivity contribution < 1.29 is 4.79 Å². The molecule has 0 fully saturated rings. The lowest BCUT2D eigenvalue weighted by molar-refractivity contribution is 0.0945. The normalized spacial score (nSPS) is 10.8. The predicted octanol–water partition coefficient (Wildman–Crippen LogP) is 3.51. The van der Waals surface area contributed by atoms with E-state index in [2.05, 4.69) is 39.0 Å². The van der Waals surface area contributed by atoms with Crippen molar-refractivity contribution in [3.05, 3.63) is 54.0 Å². The van der Waals surface area contributed by atoms with Crippen LogP contribution < -0.4 is 10.2 Å². The number of hydrogen-bond acceptors (Lipinski definition) is 4. The number of anilines is 1. The smallest absolute Gasteiger partial charge is 0.270 e. The first-order chi connectivity index (χ1) is 12.7. The summed E-state index contributed by atoms with van der Waals surface area (Å²) < 4.78 is 0. The van der Waals surface area contributed by atoms with Crippen LogP contribution in [0.2, 0.25) is 0 Å². The topological polar surface area (TPSA) is 73.9 Å². The van der Waals surface area contributed by atoms with Crippen molar-refractivity contribution in [3.63, 3.8) is 0 Å². The van der Waals surface area contributed by atoms with Crippen molar-refractivity contribution in [1.82, 2.24) is 20.3 Å². The molecule has 0 bridgehead atoms. The molecular weight excluding hydrogens is 326 g/mol. The van der Waals surface area contributed by atoms with E-state index in [0.29, 0.717) is 12.2 Å². The lowest BCUT2D eigenvalue weighted by Gasteiger charge is -2.22. The van der Waals surface area contributed by atoms with E-state index in [4.69, 9.17) is 0 Å². The van der Waals surface area contributed by atoms with Crippen LogP contribution in [0, 0.1) is 0 Å². The number of fused-ring (bicyclic) bond motifs is 1. The van der Waals surface area contributed by atoms with Crippen molar-refractivity contribution in [2.24, 2.45) is 0 Å². The molecule has 0 spiro atoms. The standard InChI is InChI=1S/C20H25N5O/c1-3-12-25(13-4-2)19-11-7-10-17(24-19)20(26)21-14-18-22-15-8-5-6-9-16(15)23-18/h5-11H,3-4,12-14H2,1-2H3,(H,21,26)(H,22,23). The highest BCUT2D eigenvalue weighted by atomic mass is 16.1. The quantitative estimate of drug-likeness (QED) is 0.651. The van der Waals surface area contributed by atoms with Gasteiger partial charge in [-0.15, -0.1) is 0 Å². The Morgan fingerprint density at radius 3 is 2.54 bits per heavy atom. The van der Waals surface area contributed by atoms with Crippen molar-refractivity contribution in [2.75, 3.05) is 18.0 Å². The molecule has 3 aromatic rings. The molecule has 0 saturated carbocycles. The molecule has 2 N–H and O–H groups in total. The Balaban J connectivity index is 1.68. The number of hydrogen-bond donors (Lipinski definition) is 2. The minimum absolute atomic E-state index is 0.194. The molecule has 1 amide bonds. The lowest BCUT2D eigenvalue weighted by Crippen LogP contribution is -2.28. The predicted molar refractivity (Wildman–Crippen MR) is 104 cm³/mol. The molecule has 0 atom stereocenters. The van der Waals surface area contributed by atoms with Crippen LogP contribution in [-0.4, -0.2) is 33.9 Å². The molecule has 0 radical (unpaired) electrons. The van der Waals surface area contributed by atoms with Crippen LogP contribution in [0.1, 0.15) is 43.0 Å². The number of aromatic amines is 1. The van der Waals surface area contributed by atoms with Gasteiger partial charge in [0, 0.05) is 13.1 Å². The minimum atomic E-state index is -0.194. The molecule has 0 aliphatic rings. The van der Waals surface area contributed by atoms with Crippen LogP contribution in [0.25, 0.3) is 11.0 Å². The summed E-state index contributed by atoms with van der Waals surface area (Å²) in [5.74, 6) is 1.39. The Morgan fingerprint density at radius 1 is 1.04 bits per heavy atom. The van der Waals surface area contributed by atoms with Gasteiger partial charge in [-0.3, -0.25) is 4.79 Å². The minimum Gasteiger partial charge on any atom is -0.357 e. The number of pyridine rings is 1. The van der Waals surface area contributed by atoms with Gasteiger partial charge in [0.2, 0.25) is 0 Å². The van der Waals surface area contributed by atoms with E-state index in [1.165, 1.54) is 0 Å². The van der Waals surface area contributed by atoms with Gasteiger partial charge in [-0.25, -0.2) is 9.97 Å². The van der Waals surface area contributed by atoms with Crippen LogP contribution in [0.15, 0.2) is 42.5 Å². The zero-order chi connectivity index (χ0) is 18.4. The fourth-order valence-corrected chi connectivity index (χ4v) is 2.95. The van der Waals surface area contributed by atoms with Crippen molar-refractivity contribution >= 4 is 22.8 Å². The van der Waals surface area contributed by atoms with E-state index in [-0.39, 0.29) is 5.91 Å². The highest BCUT2D eigenvalue weighted by molar-refractivity contribution is 5.92. The van der Waals surface area contributed by atoms with Crippen molar-refractivity contribution in [3.8, 4) is 0 Å².